The molecule has 18 heteroatoms. The third-order valence-electron chi connectivity index (χ3n) is 6.69. The van der Waals surface area contributed by atoms with Crippen LogP contribution in [0.5, 0.6) is 0 Å². The van der Waals surface area contributed by atoms with Crippen molar-refractivity contribution in [3.05, 3.63) is 34.0 Å². The molecule has 1 aromatic rings. The van der Waals surface area contributed by atoms with Gasteiger partial charge in [-0.2, -0.15) is 13.2 Å². The first-order chi connectivity index (χ1) is 19.4. The van der Waals surface area contributed by atoms with E-state index >= 15 is 0 Å². The minimum Gasteiger partial charge on any atom is -0.410 e. The molecule has 3 aliphatic heterocycles. The van der Waals surface area contributed by atoms with Crippen molar-refractivity contribution in [2.75, 3.05) is 18.0 Å². The molecule has 1 aliphatic carbocycles. The number of aromatic nitrogens is 1. The van der Waals surface area contributed by atoms with Crippen LogP contribution in [0, 0.1) is 0 Å². The van der Waals surface area contributed by atoms with Crippen LogP contribution in [-0.4, -0.2) is 91.3 Å². The summed E-state index contributed by atoms with van der Waals surface area (Å²) < 4.78 is 42.6. The lowest BCUT2D eigenvalue weighted by atomic mass is 9.98. The molecule has 2 atom stereocenters. The average molecular weight is 615 g/mol. The Balaban J connectivity index is 1.42. The average Bonchev–Trinajstić information content (AvgIpc) is 3.68. The van der Waals surface area contributed by atoms with Crippen LogP contribution in [0.3, 0.4) is 0 Å². The summed E-state index contributed by atoms with van der Waals surface area (Å²) in [4.78, 5) is 69.6. The Hall–Kier alpha value is -3.93. The van der Waals surface area contributed by atoms with Gasteiger partial charge < -0.3 is 25.9 Å². The van der Waals surface area contributed by atoms with E-state index in [-0.39, 0.29) is 34.1 Å². The van der Waals surface area contributed by atoms with Crippen molar-refractivity contribution in [2.24, 2.45) is 5.16 Å². The molecule has 3 amide bonds. The van der Waals surface area contributed by atoms with Gasteiger partial charge in [-0.25, -0.2) is 14.6 Å². The number of ether oxygens (including phenoxy) is 1. The molecule has 2 saturated heterocycles. The summed E-state index contributed by atoms with van der Waals surface area (Å²) >= 11 is 2.03. The third kappa shape index (κ3) is 5.52. The SMILES string of the molecule is Nc1nc(/C(=N/O)C(=O)N[C@@H]2C(=O)N3C(C(=O)OC(=O)C(F)(F)F)=C(/C=C4\CCCN(C5CC5)C4=O)CS[C@H]23)cs1. The van der Waals surface area contributed by atoms with Crippen LogP contribution in [0.15, 0.2) is 33.5 Å². The number of oxime groups is 1. The van der Waals surface area contributed by atoms with Crippen LogP contribution in [0.2, 0.25) is 0 Å². The van der Waals surface area contributed by atoms with Crippen LogP contribution in [0.4, 0.5) is 18.3 Å². The second-order valence-corrected chi connectivity index (χ2v) is 11.4. The number of halogens is 3. The first-order valence-electron chi connectivity index (χ1n) is 12.2. The Morgan fingerprint density at radius 2 is 2.00 bits per heavy atom. The van der Waals surface area contributed by atoms with Crippen molar-refractivity contribution in [3.63, 3.8) is 0 Å². The monoisotopic (exact) mass is 614 g/mol. The number of rotatable bonds is 6. The summed E-state index contributed by atoms with van der Waals surface area (Å²) in [5, 5.41) is 15.0. The van der Waals surface area contributed by atoms with Gasteiger partial charge in [-0.3, -0.25) is 19.3 Å². The maximum Gasteiger partial charge on any atom is 0.491 e. The van der Waals surface area contributed by atoms with Crippen LogP contribution in [-0.2, 0) is 28.7 Å². The number of amides is 3. The van der Waals surface area contributed by atoms with Gasteiger partial charge in [0.15, 0.2) is 10.8 Å². The zero-order chi connectivity index (χ0) is 29.6. The zero-order valence-electron chi connectivity index (χ0n) is 20.8. The van der Waals surface area contributed by atoms with E-state index < -0.39 is 52.8 Å². The molecule has 4 heterocycles. The summed E-state index contributed by atoms with van der Waals surface area (Å²) in [5.74, 6) is -6.72. The number of allylic oxidation sites excluding steroid dienone is 1. The Kier molecular flexibility index (Phi) is 7.54. The van der Waals surface area contributed by atoms with Gasteiger partial charge in [0.25, 0.3) is 11.8 Å². The largest absolute Gasteiger partial charge is 0.491 e. The van der Waals surface area contributed by atoms with Gasteiger partial charge in [0.2, 0.25) is 5.91 Å². The van der Waals surface area contributed by atoms with E-state index in [2.05, 4.69) is 20.2 Å². The van der Waals surface area contributed by atoms with E-state index in [4.69, 9.17) is 5.73 Å². The highest BCUT2D eigenvalue weighted by Crippen LogP contribution is 2.42. The second kappa shape index (κ2) is 10.8. The van der Waals surface area contributed by atoms with Crippen LogP contribution in [0.25, 0.3) is 0 Å². The highest BCUT2D eigenvalue weighted by molar-refractivity contribution is 8.00. The Morgan fingerprint density at radius 3 is 2.61 bits per heavy atom. The van der Waals surface area contributed by atoms with Crippen molar-refractivity contribution in [3.8, 4) is 0 Å². The van der Waals surface area contributed by atoms with Crippen LogP contribution < -0.4 is 11.1 Å². The van der Waals surface area contributed by atoms with Crippen molar-refractivity contribution >= 4 is 63.6 Å². The molecular formula is C23H21F3N6O7S2. The summed E-state index contributed by atoms with van der Waals surface area (Å²) in [7, 11) is 0. The second-order valence-electron chi connectivity index (χ2n) is 9.43. The molecule has 13 nitrogen and oxygen atoms in total. The number of nitrogen functional groups attached to an aromatic ring is 1. The third-order valence-corrected chi connectivity index (χ3v) is 8.67. The summed E-state index contributed by atoms with van der Waals surface area (Å²) in [6.45, 7) is 0.560. The van der Waals surface area contributed by atoms with Gasteiger partial charge in [-0.1, -0.05) is 5.16 Å². The fraction of sp³-hybridized carbons (Fsp3) is 0.435. The number of carbonyl (C=O) groups is 5. The number of likely N-dealkylation sites (tertiary alicyclic amines) is 1. The van der Waals surface area contributed by atoms with Crippen LogP contribution >= 0.6 is 23.1 Å². The number of hydrogen-bond acceptors (Lipinski definition) is 12. The smallest absolute Gasteiger partial charge is 0.410 e. The fourth-order valence-corrected chi connectivity index (χ4v) is 6.52. The lowest BCUT2D eigenvalue weighted by Crippen LogP contribution is -2.71. The molecule has 4 aliphatic rings. The highest BCUT2D eigenvalue weighted by Gasteiger charge is 2.55. The fourth-order valence-electron chi connectivity index (χ4n) is 4.66. The first-order valence-corrected chi connectivity index (χ1v) is 14.1. The molecule has 3 fully saturated rings. The van der Waals surface area contributed by atoms with Gasteiger partial charge in [-0.05, 0) is 37.3 Å². The first kappa shape index (κ1) is 28.6. The maximum absolute atomic E-state index is 13.1. The van der Waals surface area contributed by atoms with E-state index in [9.17, 15) is 42.4 Å². The van der Waals surface area contributed by atoms with E-state index in [1.54, 1.807) is 4.90 Å². The number of thiazole rings is 1. The Morgan fingerprint density at radius 1 is 1.27 bits per heavy atom. The van der Waals surface area contributed by atoms with Gasteiger partial charge in [0, 0.05) is 29.3 Å². The molecule has 0 aromatic carbocycles. The van der Waals surface area contributed by atoms with Gasteiger partial charge >= 0.3 is 18.1 Å². The minimum atomic E-state index is -5.48. The molecule has 0 radical (unpaired) electrons. The number of esters is 2. The standard InChI is InChI=1S/C23H21F3N6O7S2/c24-23(25,26)21(37)39-20(36)15-10(6-9-2-1-5-31(17(9)34)11-3-4-11)7-40-19-14(18(35)32(15)19)29-16(33)13(30-38)12-8-41-22(27)28-12/h6,8,11,14,19,38H,1-5,7H2,(H2,27,28)(H,29,33)/b9-6+,30-13-/t14-,19-/m1/s1. The molecule has 218 valence electrons. The van der Waals surface area contributed by atoms with E-state index in [0.29, 0.717) is 25.0 Å². The number of nitrogens with two attached hydrogens (primary N) is 1. The topological polar surface area (TPSA) is 185 Å². The summed E-state index contributed by atoms with van der Waals surface area (Å²) in [6.07, 6.45) is -1.40. The molecule has 4 N–H and O–H groups in total. The van der Waals surface area contributed by atoms with Crippen molar-refractivity contribution in [2.45, 2.75) is 49.3 Å². The predicted octanol–water partition coefficient (Wildman–Crippen LogP) is 0.901. The molecule has 1 saturated carbocycles. The van der Waals surface area contributed by atoms with Gasteiger partial charge in [0.1, 0.15) is 22.8 Å². The number of carbonyl (C=O) groups excluding carboxylic acids is 5. The molecule has 5 rings (SSSR count). The van der Waals surface area contributed by atoms with E-state index in [0.717, 1.165) is 40.8 Å². The van der Waals surface area contributed by atoms with Crippen LogP contribution in [0.1, 0.15) is 31.4 Å². The maximum atomic E-state index is 13.1. The number of nitrogens with one attached hydrogen (secondary N) is 1. The number of alkyl halides is 3. The summed E-state index contributed by atoms with van der Waals surface area (Å²) in [5.41, 5.74) is 4.65. The van der Waals surface area contributed by atoms with Gasteiger partial charge in [0.05, 0.1) is 0 Å². The quantitative estimate of drug-likeness (QED) is 0.0791. The Bertz CT molecular complexity index is 1430. The highest BCUT2D eigenvalue weighted by atomic mass is 32.2. The number of β-lactam (4-membered cyclic amide) rings is 1. The predicted molar refractivity (Wildman–Crippen MR) is 136 cm³/mol. The molecule has 1 aromatic heterocycles. The van der Waals surface area contributed by atoms with Gasteiger partial charge in [-0.15, -0.1) is 23.1 Å². The number of fused-ring (bicyclic) bond motifs is 1. The lowest BCUT2D eigenvalue weighted by Gasteiger charge is -2.49. The molecule has 0 spiro atoms. The number of piperidine rings is 1. The molecule has 0 bridgehead atoms. The minimum absolute atomic E-state index is 0.0286. The zero-order valence-corrected chi connectivity index (χ0v) is 22.5. The number of hydrogen-bond donors (Lipinski definition) is 3. The lowest BCUT2D eigenvalue weighted by molar-refractivity contribution is -0.201. The summed E-state index contributed by atoms with van der Waals surface area (Å²) in [6, 6.07) is -1.16. The Labute approximate surface area is 237 Å². The van der Waals surface area contributed by atoms with E-state index in [1.807, 2.05) is 0 Å². The number of thioether (sulfide) groups is 1. The van der Waals surface area contributed by atoms with Crippen molar-refractivity contribution < 1.29 is 47.1 Å². The number of nitrogens with zero attached hydrogens (tertiary/aromatic N) is 4. The number of anilines is 1. The molecule has 41 heavy (non-hydrogen) atoms. The normalized spacial score (nSPS) is 24.3. The van der Waals surface area contributed by atoms with E-state index in [1.165, 1.54) is 11.5 Å². The molecular weight excluding hydrogens is 593 g/mol. The van der Waals surface area contributed by atoms with Crippen molar-refractivity contribution in [1.82, 2.24) is 20.1 Å². The molecule has 0 unspecified atom stereocenters. The van der Waals surface area contributed by atoms with Crippen molar-refractivity contribution in [1.29, 1.82) is 0 Å².